The monoisotopic (exact) mass is 454 g/mol. The Hall–Kier alpha value is 0.700. The Morgan fingerprint density at radius 3 is 2.14 bits per heavy atom. The van der Waals surface area contributed by atoms with E-state index in [0.717, 1.165) is 21.8 Å². The molecule has 2 aromatic carbocycles. The predicted octanol–water partition coefficient (Wildman–Crippen LogP) is 7.46. The van der Waals surface area contributed by atoms with Crippen LogP contribution >= 0.6 is 77.7 Å². The number of hydrogen-bond donors (Lipinski definition) is 1. The second-order valence-electron chi connectivity index (χ2n) is 4.01. The van der Waals surface area contributed by atoms with Crippen LogP contribution in [-0.4, -0.2) is 8.76 Å². The van der Waals surface area contributed by atoms with Gasteiger partial charge in [0.1, 0.15) is 4.90 Å². The molecule has 2 aromatic rings. The lowest BCUT2D eigenvalue weighted by molar-refractivity contribution is 0.551. The van der Waals surface area contributed by atoms with Gasteiger partial charge in [-0.05, 0) is 36.6 Å². The lowest BCUT2D eigenvalue weighted by atomic mass is 10.3. The normalized spacial score (nSPS) is 13.6. The molecule has 0 fully saturated rings. The van der Waals surface area contributed by atoms with Crippen LogP contribution in [0.15, 0.2) is 46.2 Å². The summed E-state index contributed by atoms with van der Waals surface area (Å²) in [5.41, 5.74) is 0. The molecular formula is C12H7Cl5O2S3. The van der Waals surface area contributed by atoms with Gasteiger partial charge in [-0.1, -0.05) is 64.6 Å². The Labute approximate surface area is 159 Å². The van der Waals surface area contributed by atoms with Crippen molar-refractivity contribution in [3.05, 3.63) is 56.5 Å². The van der Waals surface area contributed by atoms with E-state index >= 15 is 0 Å². The van der Waals surface area contributed by atoms with E-state index in [0.29, 0.717) is 9.83 Å². The Bertz CT molecular complexity index is 776. The summed E-state index contributed by atoms with van der Waals surface area (Å²) >= 11 is 23.7. The second kappa shape index (κ2) is 6.90. The molecule has 0 unspecified atom stereocenters. The molecule has 10 heteroatoms. The fourth-order valence-corrected chi connectivity index (χ4v) is 9.28. The van der Waals surface area contributed by atoms with E-state index in [1.807, 2.05) is 6.07 Å². The summed E-state index contributed by atoms with van der Waals surface area (Å²) in [5, 5.41) is -0.334. The molecule has 0 atom stereocenters. The molecule has 1 N–H and O–H groups in total. The standard InChI is InChI=1S/C12H7Cl5O2S3/c13-8-6-9(11(15)12(16)10(8)14)22(17,18,19)21-20-7-4-2-1-3-5-7/h1-6H,(H,18,19). The largest absolute Gasteiger partial charge is 0.277 e. The van der Waals surface area contributed by atoms with Gasteiger partial charge in [0.15, 0.2) is 0 Å². The van der Waals surface area contributed by atoms with Crippen molar-refractivity contribution in [3.63, 3.8) is 0 Å². The van der Waals surface area contributed by atoms with Crippen molar-refractivity contribution in [1.82, 2.24) is 0 Å². The van der Waals surface area contributed by atoms with Crippen LogP contribution in [0.3, 0.4) is 0 Å². The first-order valence-electron chi connectivity index (χ1n) is 5.49. The van der Waals surface area contributed by atoms with Gasteiger partial charge in [0.2, 0.25) is 0 Å². The Kier molecular flexibility index (Phi) is 5.97. The van der Waals surface area contributed by atoms with Crippen molar-refractivity contribution in [2.45, 2.75) is 9.79 Å². The maximum absolute atomic E-state index is 12.8. The van der Waals surface area contributed by atoms with E-state index < -0.39 is 7.59 Å². The van der Waals surface area contributed by atoms with Gasteiger partial charge in [-0.3, -0.25) is 4.55 Å². The number of hydrogen-bond acceptors (Lipinski definition) is 3. The van der Waals surface area contributed by atoms with Crippen molar-refractivity contribution >= 4 is 85.3 Å². The summed E-state index contributed by atoms with van der Waals surface area (Å²) in [6, 6.07) is 10.1. The summed E-state index contributed by atoms with van der Waals surface area (Å²) in [4.78, 5) is 0.483. The molecule has 0 saturated heterocycles. The van der Waals surface area contributed by atoms with Gasteiger partial charge in [-0.2, -0.15) is 4.21 Å². The maximum Gasteiger partial charge on any atom is 0.103 e. The van der Waals surface area contributed by atoms with Gasteiger partial charge in [0, 0.05) is 15.6 Å². The Balaban J connectivity index is 2.42. The molecule has 0 radical (unpaired) electrons. The third-order valence-electron chi connectivity index (χ3n) is 2.42. The topological polar surface area (TPSA) is 37.3 Å². The van der Waals surface area contributed by atoms with Crippen LogP contribution in [0.2, 0.25) is 20.1 Å². The predicted molar refractivity (Wildman–Crippen MR) is 101 cm³/mol. The van der Waals surface area contributed by atoms with Crippen LogP contribution in [0.25, 0.3) is 0 Å². The Morgan fingerprint density at radius 1 is 0.955 bits per heavy atom. The van der Waals surface area contributed by atoms with Crippen LogP contribution in [0, 0.1) is 0 Å². The molecule has 120 valence electrons. The first-order chi connectivity index (χ1) is 10.1. The van der Waals surface area contributed by atoms with Gasteiger partial charge >= 0.3 is 0 Å². The van der Waals surface area contributed by atoms with E-state index in [9.17, 15) is 8.76 Å². The molecule has 2 rings (SSSR count). The van der Waals surface area contributed by atoms with Crippen LogP contribution in [-0.2, 0) is 7.59 Å². The van der Waals surface area contributed by atoms with Crippen LogP contribution in [0.5, 0.6) is 0 Å². The first-order valence-corrected chi connectivity index (χ1v) is 12.4. The molecule has 0 aliphatic rings. The molecule has 22 heavy (non-hydrogen) atoms. The fourth-order valence-electron chi connectivity index (χ4n) is 1.41. The van der Waals surface area contributed by atoms with Gasteiger partial charge in [-0.25, -0.2) is 0 Å². The van der Waals surface area contributed by atoms with Crippen LogP contribution in [0.4, 0.5) is 0 Å². The molecule has 0 spiro atoms. The van der Waals surface area contributed by atoms with Crippen molar-refractivity contribution in [2.24, 2.45) is 0 Å². The third-order valence-corrected chi connectivity index (χ3v) is 12.7. The average molecular weight is 457 g/mol. The number of rotatable bonds is 4. The fraction of sp³-hybridized carbons (Fsp3) is 0. The molecular weight excluding hydrogens is 450 g/mol. The first kappa shape index (κ1) is 19.0. The lowest BCUT2D eigenvalue weighted by Gasteiger charge is -2.34. The molecule has 0 saturated carbocycles. The van der Waals surface area contributed by atoms with Crippen molar-refractivity contribution in [1.29, 1.82) is 0 Å². The SMILES string of the molecule is O=S(O)(Cl)(SSc1ccccc1)c1cc(Cl)c(Cl)c(Cl)c1Cl. The van der Waals surface area contributed by atoms with Gasteiger partial charge in [0.25, 0.3) is 0 Å². The zero-order valence-electron chi connectivity index (χ0n) is 10.4. The quantitative estimate of drug-likeness (QED) is 0.224. The highest BCUT2D eigenvalue weighted by molar-refractivity contribution is 9.17. The highest BCUT2D eigenvalue weighted by atomic mass is 35.8. The number of halogens is 5. The highest BCUT2D eigenvalue weighted by Gasteiger charge is 2.34. The molecule has 0 heterocycles. The van der Waals surface area contributed by atoms with Crippen molar-refractivity contribution < 1.29 is 8.76 Å². The second-order valence-corrected chi connectivity index (χ2v) is 14.5. The zero-order chi connectivity index (χ0) is 16.6. The molecule has 2 nitrogen and oxygen atoms in total. The minimum Gasteiger partial charge on any atom is -0.277 e. The summed E-state index contributed by atoms with van der Waals surface area (Å²) in [6.45, 7) is 0. The maximum atomic E-state index is 12.8. The molecule has 0 amide bonds. The molecule has 0 bridgehead atoms. The van der Waals surface area contributed by atoms with Gasteiger partial charge < -0.3 is 0 Å². The minimum atomic E-state index is -4.85. The van der Waals surface area contributed by atoms with E-state index in [1.54, 1.807) is 24.3 Å². The van der Waals surface area contributed by atoms with Crippen molar-refractivity contribution in [2.75, 3.05) is 0 Å². The lowest BCUT2D eigenvalue weighted by Crippen LogP contribution is -2.18. The van der Waals surface area contributed by atoms with E-state index in [2.05, 4.69) is 0 Å². The smallest absolute Gasteiger partial charge is 0.103 e. The number of benzene rings is 2. The molecule has 0 aliphatic heterocycles. The van der Waals surface area contributed by atoms with Gasteiger partial charge in [0.05, 0.1) is 29.9 Å². The minimum absolute atomic E-state index is 0.00224. The molecule has 0 aliphatic carbocycles. The zero-order valence-corrected chi connectivity index (χ0v) is 16.7. The average Bonchev–Trinajstić information content (AvgIpc) is 2.47. The highest BCUT2D eigenvalue weighted by Crippen LogP contribution is 2.59. The van der Waals surface area contributed by atoms with Gasteiger partial charge in [-0.15, -0.1) is 0 Å². The third kappa shape index (κ3) is 4.21. The summed E-state index contributed by atoms with van der Waals surface area (Å²) in [7, 11) is 2.73. The van der Waals surface area contributed by atoms with Crippen LogP contribution in [0.1, 0.15) is 0 Å². The van der Waals surface area contributed by atoms with E-state index in [1.165, 1.54) is 0 Å². The van der Waals surface area contributed by atoms with Crippen LogP contribution < -0.4 is 0 Å². The summed E-state index contributed by atoms with van der Waals surface area (Å²) in [6.07, 6.45) is 0. The summed E-state index contributed by atoms with van der Waals surface area (Å²) in [5.74, 6) is 0. The van der Waals surface area contributed by atoms with Crippen molar-refractivity contribution in [3.8, 4) is 0 Å². The molecule has 0 aromatic heterocycles. The van der Waals surface area contributed by atoms with E-state index in [4.69, 9.17) is 57.1 Å². The summed E-state index contributed by atoms with van der Waals surface area (Å²) < 4.78 is 23.3. The Morgan fingerprint density at radius 2 is 1.55 bits per heavy atom. The van der Waals surface area contributed by atoms with E-state index in [-0.39, 0.29) is 25.0 Å².